The minimum Gasteiger partial charge on any atom is -0.311 e. The van der Waals surface area contributed by atoms with Crippen molar-refractivity contribution < 1.29 is 0 Å². The SMILES string of the molecule is CCN1CCC(C(C)NC2CC(C)C2)CC1. The van der Waals surface area contributed by atoms with Crippen LogP contribution in [-0.4, -0.2) is 36.6 Å². The third-order valence-corrected chi connectivity index (χ3v) is 4.66. The van der Waals surface area contributed by atoms with E-state index in [1.165, 1.54) is 45.3 Å². The lowest BCUT2D eigenvalue weighted by Crippen LogP contribution is -2.49. The number of rotatable bonds is 4. The zero-order valence-electron chi connectivity index (χ0n) is 11.2. The van der Waals surface area contributed by atoms with Crippen molar-refractivity contribution in [2.24, 2.45) is 11.8 Å². The summed E-state index contributed by atoms with van der Waals surface area (Å²) in [5, 5.41) is 3.83. The average molecular weight is 224 g/mol. The van der Waals surface area contributed by atoms with Gasteiger partial charge in [-0.2, -0.15) is 0 Å². The lowest BCUT2D eigenvalue weighted by molar-refractivity contribution is 0.144. The van der Waals surface area contributed by atoms with Gasteiger partial charge in [-0.3, -0.25) is 0 Å². The van der Waals surface area contributed by atoms with Gasteiger partial charge in [-0.25, -0.2) is 0 Å². The Kier molecular flexibility index (Phi) is 4.26. The van der Waals surface area contributed by atoms with Crippen molar-refractivity contribution in [1.82, 2.24) is 10.2 Å². The van der Waals surface area contributed by atoms with Crippen molar-refractivity contribution in [3.63, 3.8) is 0 Å². The van der Waals surface area contributed by atoms with Crippen LogP contribution >= 0.6 is 0 Å². The van der Waals surface area contributed by atoms with Crippen LogP contribution in [0.5, 0.6) is 0 Å². The van der Waals surface area contributed by atoms with Gasteiger partial charge in [-0.05, 0) is 64.1 Å². The number of nitrogens with one attached hydrogen (secondary N) is 1. The minimum atomic E-state index is 0.733. The van der Waals surface area contributed by atoms with E-state index in [9.17, 15) is 0 Å². The molecule has 2 fully saturated rings. The number of nitrogens with zero attached hydrogens (tertiary/aromatic N) is 1. The first kappa shape index (κ1) is 12.4. The van der Waals surface area contributed by atoms with Gasteiger partial charge in [0.1, 0.15) is 0 Å². The van der Waals surface area contributed by atoms with E-state index >= 15 is 0 Å². The molecule has 1 heterocycles. The summed E-state index contributed by atoms with van der Waals surface area (Å²) in [6.45, 7) is 10.9. The van der Waals surface area contributed by atoms with Crippen LogP contribution in [0.3, 0.4) is 0 Å². The molecular formula is C14H28N2. The smallest absolute Gasteiger partial charge is 0.00747 e. The van der Waals surface area contributed by atoms with Gasteiger partial charge in [-0.15, -0.1) is 0 Å². The van der Waals surface area contributed by atoms with Gasteiger partial charge >= 0.3 is 0 Å². The van der Waals surface area contributed by atoms with Crippen LogP contribution in [0.15, 0.2) is 0 Å². The minimum absolute atomic E-state index is 0.733. The molecule has 0 radical (unpaired) electrons. The lowest BCUT2D eigenvalue weighted by Gasteiger charge is -2.40. The number of hydrogen-bond acceptors (Lipinski definition) is 2. The van der Waals surface area contributed by atoms with Crippen molar-refractivity contribution >= 4 is 0 Å². The van der Waals surface area contributed by atoms with Crippen molar-refractivity contribution in [2.75, 3.05) is 19.6 Å². The van der Waals surface area contributed by atoms with Gasteiger partial charge in [-0.1, -0.05) is 13.8 Å². The third kappa shape index (κ3) is 2.98. The molecule has 1 unspecified atom stereocenters. The Hall–Kier alpha value is -0.0800. The quantitative estimate of drug-likeness (QED) is 0.789. The van der Waals surface area contributed by atoms with Crippen molar-refractivity contribution in [1.29, 1.82) is 0 Å². The van der Waals surface area contributed by atoms with Crippen LogP contribution in [0.4, 0.5) is 0 Å². The van der Waals surface area contributed by atoms with E-state index in [0.29, 0.717) is 0 Å². The molecule has 0 aromatic carbocycles. The molecule has 1 aliphatic carbocycles. The fourth-order valence-electron chi connectivity index (χ4n) is 3.32. The molecule has 0 bridgehead atoms. The summed E-state index contributed by atoms with van der Waals surface area (Å²) in [6, 6.07) is 1.56. The number of hydrogen-bond donors (Lipinski definition) is 1. The van der Waals surface area contributed by atoms with E-state index in [-0.39, 0.29) is 0 Å². The Morgan fingerprint density at radius 1 is 1.25 bits per heavy atom. The van der Waals surface area contributed by atoms with Gasteiger partial charge in [0.15, 0.2) is 0 Å². The van der Waals surface area contributed by atoms with Crippen LogP contribution in [0.25, 0.3) is 0 Å². The molecule has 1 saturated heterocycles. The summed E-state index contributed by atoms with van der Waals surface area (Å²) < 4.78 is 0. The predicted octanol–water partition coefficient (Wildman–Crippen LogP) is 2.49. The topological polar surface area (TPSA) is 15.3 Å². The zero-order valence-corrected chi connectivity index (χ0v) is 11.2. The summed E-state index contributed by atoms with van der Waals surface area (Å²) in [5.74, 6) is 1.88. The molecular weight excluding hydrogens is 196 g/mol. The van der Waals surface area contributed by atoms with Gasteiger partial charge in [0, 0.05) is 12.1 Å². The van der Waals surface area contributed by atoms with Crippen LogP contribution in [0, 0.1) is 11.8 Å². The second kappa shape index (κ2) is 5.50. The van der Waals surface area contributed by atoms with Gasteiger partial charge in [0.05, 0.1) is 0 Å². The molecule has 1 N–H and O–H groups in total. The normalized spacial score (nSPS) is 34.7. The molecule has 1 saturated carbocycles. The Bertz CT molecular complexity index is 203. The fourth-order valence-corrected chi connectivity index (χ4v) is 3.32. The van der Waals surface area contributed by atoms with E-state index in [0.717, 1.165) is 23.9 Å². The molecule has 0 aromatic heterocycles. The van der Waals surface area contributed by atoms with E-state index in [1.54, 1.807) is 0 Å². The molecule has 1 aliphatic heterocycles. The molecule has 2 nitrogen and oxygen atoms in total. The highest BCUT2D eigenvalue weighted by Crippen LogP contribution is 2.28. The van der Waals surface area contributed by atoms with E-state index in [2.05, 4.69) is 31.0 Å². The molecule has 2 aliphatic rings. The van der Waals surface area contributed by atoms with Gasteiger partial charge in [0.2, 0.25) is 0 Å². The highest BCUT2D eigenvalue weighted by atomic mass is 15.1. The maximum Gasteiger partial charge on any atom is 0.00747 e. The van der Waals surface area contributed by atoms with Crippen LogP contribution in [0.1, 0.15) is 46.5 Å². The first-order valence-corrected chi connectivity index (χ1v) is 7.17. The van der Waals surface area contributed by atoms with Gasteiger partial charge < -0.3 is 10.2 Å². The fraction of sp³-hybridized carbons (Fsp3) is 1.00. The van der Waals surface area contributed by atoms with E-state index in [4.69, 9.17) is 0 Å². The highest BCUT2D eigenvalue weighted by Gasteiger charge is 2.29. The standard InChI is InChI=1S/C14H28N2/c1-4-16-7-5-13(6-8-16)12(3)15-14-9-11(2)10-14/h11-15H,4-10H2,1-3H3. The molecule has 0 spiro atoms. The zero-order chi connectivity index (χ0) is 11.5. The summed E-state index contributed by atoms with van der Waals surface area (Å²) in [4.78, 5) is 2.58. The Morgan fingerprint density at radius 3 is 2.38 bits per heavy atom. The second-order valence-electron chi connectivity index (χ2n) is 6.00. The van der Waals surface area contributed by atoms with E-state index in [1.807, 2.05) is 0 Å². The maximum atomic E-state index is 3.83. The van der Waals surface area contributed by atoms with Crippen LogP contribution in [0.2, 0.25) is 0 Å². The predicted molar refractivity (Wildman–Crippen MR) is 69.6 cm³/mol. The summed E-state index contributed by atoms with van der Waals surface area (Å²) in [6.07, 6.45) is 5.59. The van der Waals surface area contributed by atoms with Crippen molar-refractivity contribution in [2.45, 2.75) is 58.5 Å². The van der Waals surface area contributed by atoms with Crippen molar-refractivity contribution in [3.8, 4) is 0 Å². The molecule has 0 aromatic rings. The monoisotopic (exact) mass is 224 g/mol. The lowest BCUT2D eigenvalue weighted by atomic mass is 9.80. The Balaban J connectivity index is 1.67. The second-order valence-corrected chi connectivity index (χ2v) is 6.00. The first-order chi connectivity index (χ1) is 7.69. The molecule has 0 amide bonds. The molecule has 1 atom stereocenters. The first-order valence-electron chi connectivity index (χ1n) is 7.17. The number of piperidine rings is 1. The molecule has 2 rings (SSSR count). The Labute approximate surface area is 101 Å². The average Bonchev–Trinajstić information content (AvgIpc) is 2.27. The van der Waals surface area contributed by atoms with Crippen LogP contribution < -0.4 is 5.32 Å². The largest absolute Gasteiger partial charge is 0.311 e. The molecule has 94 valence electrons. The number of likely N-dealkylation sites (tertiary alicyclic amines) is 1. The third-order valence-electron chi connectivity index (χ3n) is 4.66. The van der Waals surface area contributed by atoms with Crippen LogP contribution in [-0.2, 0) is 0 Å². The van der Waals surface area contributed by atoms with Crippen molar-refractivity contribution in [3.05, 3.63) is 0 Å². The van der Waals surface area contributed by atoms with E-state index < -0.39 is 0 Å². The molecule has 2 heteroatoms. The highest BCUT2D eigenvalue weighted by molar-refractivity contribution is 4.87. The maximum absolute atomic E-state index is 3.83. The van der Waals surface area contributed by atoms with Gasteiger partial charge in [0.25, 0.3) is 0 Å². The Morgan fingerprint density at radius 2 is 1.88 bits per heavy atom. The molecule has 16 heavy (non-hydrogen) atoms. The summed E-state index contributed by atoms with van der Waals surface area (Å²) in [7, 11) is 0. The summed E-state index contributed by atoms with van der Waals surface area (Å²) >= 11 is 0. The summed E-state index contributed by atoms with van der Waals surface area (Å²) in [5.41, 5.74) is 0.